The number of piperazine rings is 1. The zero-order chi connectivity index (χ0) is 21.5. The maximum absolute atomic E-state index is 5.15. The standard InChI is InChI=1S/C26H34N6/c1-30-13-15-31(16-14-30)23-9-3-7-21-26(23)29-24(28-21)18-32(17-19-10-11-19)22-8-2-5-20-6-4-12-27-25(20)22/h3-4,6-7,9,12,19,22H,2,5,8,10-11,13-18H2,1H3,(H,28,29)/t22-/m1/s1. The van der Waals surface area contributed by atoms with Crippen LogP contribution >= 0.6 is 0 Å². The van der Waals surface area contributed by atoms with Crippen molar-refractivity contribution >= 4 is 16.7 Å². The Labute approximate surface area is 190 Å². The van der Waals surface area contributed by atoms with Crippen molar-refractivity contribution in [1.29, 1.82) is 0 Å². The van der Waals surface area contributed by atoms with Crippen molar-refractivity contribution in [1.82, 2.24) is 24.8 Å². The molecule has 32 heavy (non-hydrogen) atoms. The lowest BCUT2D eigenvalue weighted by molar-refractivity contribution is 0.155. The van der Waals surface area contributed by atoms with Crippen LogP contribution in [-0.4, -0.2) is 64.5 Å². The molecule has 2 fully saturated rings. The molecule has 1 N–H and O–H groups in total. The number of fused-ring (bicyclic) bond motifs is 2. The van der Waals surface area contributed by atoms with Gasteiger partial charge in [-0.15, -0.1) is 0 Å². The number of aromatic amines is 1. The number of para-hydroxylation sites is 1. The molecule has 3 aromatic rings. The lowest BCUT2D eigenvalue weighted by atomic mass is 9.90. The number of aromatic nitrogens is 3. The lowest BCUT2D eigenvalue weighted by Gasteiger charge is -2.34. The number of benzene rings is 1. The molecule has 1 atom stereocenters. The molecular weight excluding hydrogens is 396 g/mol. The number of aryl methyl sites for hydroxylation is 1. The smallest absolute Gasteiger partial charge is 0.121 e. The minimum Gasteiger partial charge on any atom is -0.367 e. The number of pyridine rings is 1. The first-order chi connectivity index (χ1) is 15.7. The number of nitrogens with zero attached hydrogens (tertiary/aromatic N) is 5. The van der Waals surface area contributed by atoms with Gasteiger partial charge in [0.2, 0.25) is 0 Å². The molecule has 0 amide bonds. The van der Waals surface area contributed by atoms with Gasteiger partial charge in [0, 0.05) is 38.9 Å². The fourth-order valence-electron chi connectivity index (χ4n) is 5.51. The molecule has 6 rings (SSSR count). The van der Waals surface area contributed by atoms with Crippen molar-refractivity contribution in [2.24, 2.45) is 5.92 Å². The highest BCUT2D eigenvalue weighted by Crippen LogP contribution is 2.38. The molecule has 0 spiro atoms. The van der Waals surface area contributed by atoms with Crippen LogP contribution in [0.5, 0.6) is 0 Å². The summed E-state index contributed by atoms with van der Waals surface area (Å²) in [6.07, 6.45) is 8.31. The van der Waals surface area contributed by atoms with Gasteiger partial charge in [-0.05, 0) is 68.8 Å². The van der Waals surface area contributed by atoms with Crippen molar-refractivity contribution in [2.75, 3.05) is 44.7 Å². The van der Waals surface area contributed by atoms with E-state index in [2.05, 4.69) is 57.1 Å². The van der Waals surface area contributed by atoms with E-state index in [-0.39, 0.29) is 0 Å². The van der Waals surface area contributed by atoms with Gasteiger partial charge in [-0.3, -0.25) is 9.88 Å². The molecular formula is C26H34N6. The van der Waals surface area contributed by atoms with Crippen molar-refractivity contribution in [3.05, 3.63) is 53.6 Å². The summed E-state index contributed by atoms with van der Waals surface area (Å²) >= 11 is 0. The third kappa shape index (κ3) is 4.02. The van der Waals surface area contributed by atoms with E-state index in [9.17, 15) is 0 Å². The monoisotopic (exact) mass is 430 g/mol. The highest BCUT2D eigenvalue weighted by atomic mass is 15.3. The Morgan fingerprint density at radius 1 is 1.06 bits per heavy atom. The van der Waals surface area contributed by atoms with Gasteiger partial charge in [0.1, 0.15) is 11.3 Å². The molecule has 0 radical (unpaired) electrons. The van der Waals surface area contributed by atoms with Crippen LogP contribution in [0.15, 0.2) is 36.5 Å². The number of hydrogen-bond donors (Lipinski definition) is 1. The second kappa shape index (κ2) is 8.49. The Morgan fingerprint density at radius 3 is 2.78 bits per heavy atom. The second-order valence-electron chi connectivity index (χ2n) is 9.98. The first kappa shape index (κ1) is 20.2. The normalized spacial score (nSPS) is 21.9. The molecule has 1 aliphatic heterocycles. The average Bonchev–Trinajstić information content (AvgIpc) is 3.54. The molecule has 2 aliphatic carbocycles. The van der Waals surface area contributed by atoms with E-state index in [1.807, 2.05) is 6.20 Å². The molecule has 1 saturated heterocycles. The van der Waals surface area contributed by atoms with Gasteiger partial charge in [-0.2, -0.15) is 0 Å². The second-order valence-corrected chi connectivity index (χ2v) is 9.98. The van der Waals surface area contributed by atoms with Gasteiger partial charge in [-0.25, -0.2) is 4.98 Å². The largest absolute Gasteiger partial charge is 0.367 e. The number of hydrogen-bond acceptors (Lipinski definition) is 5. The van der Waals surface area contributed by atoms with Crippen molar-refractivity contribution in [2.45, 2.75) is 44.7 Å². The molecule has 2 aromatic heterocycles. The average molecular weight is 431 g/mol. The quantitative estimate of drug-likeness (QED) is 0.641. The van der Waals surface area contributed by atoms with Gasteiger partial charge in [-0.1, -0.05) is 12.1 Å². The predicted octanol–water partition coefficient (Wildman–Crippen LogP) is 4.00. The van der Waals surface area contributed by atoms with Crippen LogP contribution in [0.1, 0.15) is 48.8 Å². The number of rotatable bonds is 6. The van der Waals surface area contributed by atoms with E-state index in [1.54, 1.807) is 0 Å². The summed E-state index contributed by atoms with van der Waals surface area (Å²) in [6, 6.07) is 11.3. The highest BCUT2D eigenvalue weighted by molar-refractivity contribution is 5.89. The summed E-state index contributed by atoms with van der Waals surface area (Å²) in [5.41, 5.74) is 6.29. The number of anilines is 1. The fourth-order valence-corrected chi connectivity index (χ4v) is 5.51. The first-order valence-corrected chi connectivity index (χ1v) is 12.3. The molecule has 6 heteroatoms. The van der Waals surface area contributed by atoms with E-state index in [4.69, 9.17) is 9.97 Å². The van der Waals surface area contributed by atoms with Crippen LogP contribution in [0.2, 0.25) is 0 Å². The molecule has 3 aliphatic rings. The Hall–Kier alpha value is -2.44. The number of H-pyrrole nitrogens is 1. The molecule has 6 nitrogen and oxygen atoms in total. The van der Waals surface area contributed by atoms with E-state index < -0.39 is 0 Å². The molecule has 3 heterocycles. The fraction of sp³-hybridized carbons (Fsp3) is 0.538. The van der Waals surface area contributed by atoms with E-state index in [0.717, 1.165) is 68.5 Å². The zero-order valence-electron chi connectivity index (χ0n) is 19.1. The van der Waals surface area contributed by atoms with Crippen molar-refractivity contribution in [3.63, 3.8) is 0 Å². The summed E-state index contributed by atoms with van der Waals surface area (Å²) in [5.74, 6) is 1.93. The summed E-state index contributed by atoms with van der Waals surface area (Å²) < 4.78 is 0. The predicted molar refractivity (Wildman–Crippen MR) is 129 cm³/mol. The van der Waals surface area contributed by atoms with Gasteiger partial charge in [0.15, 0.2) is 0 Å². The maximum Gasteiger partial charge on any atom is 0.121 e. The minimum absolute atomic E-state index is 0.408. The number of imidazole rings is 1. The Balaban J connectivity index is 1.29. The molecule has 0 bridgehead atoms. The topological polar surface area (TPSA) is 51.3 Å². The van der Waals surface area contributed by atoms with E-state index in [1.165, 1.54) is 42.6 Å². The number of likely N-dealkylation sites (N-methyl/N-ethyl adjacent to an activating group) is 1. The zero-order valence-corrected chi connectivity index (χ0v) is 19.1. The molecule has 0 unspecified atom stereocenters. The summed E-state index contributed by atoms with van der Waals surface area (Å²) in [5, 5.41) is 0. The van der Waals surface area contributed by atoms with Crippen LogP contribution in [0.3, 0.4) is 0 Å². The summed E-state index contributed by atoms with van der Waals surface area (Å²) in [7, 11) is 2.21. The van der Waals surface area contributed by atoms with Gasteiger partial charge in [0.25, 0.3) is 0 Å². The van der Waals surface area contributed by atoms with Crippen LogP contribution in [0.25, 0.3) is 11.0 Å². The first-order valence-electron chi connectivity index (χ1n) is 12.3. The lowest BCUT2D eigenvalue weighted by Crippen LogP contribution is -2.44. The minimum atomic E-state index is 0.408. The molecule has 1 saturated carbocycles. The summed E-state index contributed by atoms with van der Waals surface area (Å²) in [6.45, 7) is 6.37. The van der Waals surface area contributed by atoms with E-state index in [0.29, 0.717) is 6.04 Å². The van der Waals surface area contributed by atoms with Crippen LogP contribution in [0, 0.1) is 5.92 Å². The van der Waals surface area contributed by atoms with Gasteiger partial charge in [0.05, 0.1) is 29.5 Å². The Morgan fingerprint density at radius 2 is 1.94 bits per heavy atom. The Kier molecular flexibility index (Phi) is 5.35. The van der Waals surface area contributed by atoms with Crippen LogP contribution in [0.4, 0.5) is 5.69 Å². The SMILES string of the molecule is CN1CCN(c2cccc3[nH]c(CN(CC4CC4)[C@@H]4CCCc5cccnc54)nc23)CC1. The molecule has 168 valence electrons. The van der Waals surface area contributed by atoms with Crippen molar-refractivity contribution < 1.29 is 0 Å². The third-order valence-corrected chi connectivity index (χ3v) is 7.53. The Bertz CT molecular complexity index is 1080. The molecule has 1 aromatic carbocycles. The van der Waals surface area contributed by atoms with Crippen LogP contribution in [-0.2, 0) is 13.0 Å². The van der Waals surface area contributed by atoms with Crippen molar-refractivity contribution in [3.8, 4) is 0 Å². The number of nitrogens with one attached hydrogen (secondary N) is 1. The third-order valence-electron chi connectivity index (χ3n) is 7.53. The van der Waals surface area contributed by atoms with Gasteiger partial charge < -0.3 is 14.8 Å². The van der Waals surface area contributed by atoms with Gasteiger partial charge >= 0.3 is 0 Å². The summed E-state index contributed by atoms with van der Waals surface area (Å²) in [4.78, 5) is 21.2. The van der Waals surface area contributed by atoms with E-state index >= 15 is 0 Å². The van der Waals surface area contributed by atoms with Crippen LogP contribution < -0.4 is 4.90 Å². The maximum atomic E-state index is 5.15. The highest BCUT2D eigenvalue weighted by Gasteiger charge is 2.32.